The molecule has 0 spiro atoms. The first kappa shape index (κ1) is 16.1. The van der Waals surface area contributed by atoms with Crippen LogP contribution in [0.15, 0.2) is 18.2 Å². The minimum Gasteiger partial charge on any atom is -0.497 e. The van der Waals surface area contributed by atoms with E-state index in [1.807, 2.05) is 12.1 Å². The third-order valence-electron chi connectivity index (χ3n) is 4.35. The van der Waals surface area contributed by atoms with Crippen LogP contribution in [0.4, 0.5) is 0 Å². The van der Waals surface area contributed by atoms with Gasteiger partial charge >= 0.3 is 0 Å². The van der Waals surface area contributed by atoms with E-state index in [-0.39, 0.29) is 6.61 Å². The van der Waals surface area contributed by atoms with E-state index in [2.05, 4.69) is 11.0 Å². The van der Waals surface area contributed by atoms with E-state index in [9.17, 15) is 5.11 Å². The number of hydrogen-bond donors (Lipinski definition) is 1. The zero-order chi connectivity index (χ0) is 15.1. The number of methoxy groups -OCH3 is 2. The van der Waals surface area contributed by atoms with Crippen LogP contribution in [0.3, 0.4) is 0 Å². The van der Waals surface area contributed by atoms with Crippen molar-refractivity contribution in [2.45, 2.75) is 44.7 Å². The average molecular weight is 293 g/mol. The van der Waals surface area contributed by atoms with Crippen molar-refractivity contribution in [3.63, 3.8) is 0 Å². The lowest BCUT2D eigenvalue weighted by atomic mass is 9.94. The molecule has 0 aromatic heterocycles. The summed E-state index contributed by atoms with van der Waals surface area (Å²) in [5.41, 5.74) is 1.15. The molecule has 1 aromatic rings. The van der Waals surface area contributed by atoms with Gasteiger partial charge in [-0.15, -0.1) is 0 Å². The van der Waals surface area contributed by atoms with Gasteiger partial charge in [0.2, 0.25) is 0 Å². The SMILES string of the molecule is COc1ccc(CN(CCO)C2CCCCC2)c(OC)c1. The zero-order valence-electron chi connectivity index (χ0n) is 13.2. The van der Waals surface area contributed by atoms with Gasteiger partial charge in [0, 0.05) is 30.8 Å². The van der Waals surface area contributed by atoms with Crippen LogP contribution in [0.1, 0.15) is 37.7 Å². The molecule has 1 aliphatic rings. The van der Waals surface area contributed by atoms with E-state index in [1.165, 1.54) is 32.1 Å². The highest BCUT2D eigenvalue weighted by molar-refractivity contribution is 5.40. The molecule has 1 aromatic carbocycles. The fourth-order valence-corrected chi connectivity index (χ4v) is 3.17. The Morgan fingerprint density at radius 1 is 1.14 bits per heavy atom. The van der Waals surface area contributed by atoms with Gasteiger partial charge in [-0.3, -0.25) is 4.90 Å². The molecule has 2 rings (SSSR count). The van der Waals surface area contributed by atoms with Crippen LogP contribution in [0.2, 0.25) is 0 Å². The van der Waals surface area contributed by atoms with E-state index >= 15 is 0 Å². The molecule has 1 aliphatic carbocycles. The summed E-state index contributed by atoms with van der Waals surface area (Å²) in [4.78, 5) is 2.39. The van der Waals surface area contributed by atoms with Crippen molar-refractivity contribution < 1.29 is 14.6 Å². The maximum absolute atomic E-state index is 9.36. The quantitative estimate of drug-likeness (QED) is 0.839. The molecule has 0 unspecified atom stereocenters. The molecule has 0 heterocycles. The third-order valence-corrected chi connectivity index (χ3v) is 4.35. The Morgan fingerprint density at radius 2 is 1.90 bits per heavy atom. The van der Waals surface area contributed by atoms with Gasteiger partial charge in [-0.1, -0.05) is 25.3 Å². The summed E-state index contributed by atoms with van der Waals surface area (Å²) in [5.74, 6) is 1.66. The summed E-state index contributed by atoms with van der Waals surface area (Å²) in [6, 6.07) is 6.53. The van der Waals surface area contributed by atoms with E-state index in [1.54, 1.807) is 14.2 Å². The van der Waals surface area contributed by atoms with E-state index in [4.69, 9.17) is 9.47 Å². The first-order chi connectivity index (χ1) is 10.3. The number of ether oxygens (including phenoxy) is 2. The van der Waals surface area contributed by atoms with Crippen LogP contribution in [-0.4, -0.2) is 43.4 Å². The molecule has 0 bridgehead atoms. The van der Waals surface area contributed by atoms with Gasteiger partial charge in [0.25, 0.3) is 0 Å². The highest BCUT2D eigenvalue weighted by atomic mass is 16.5. The molecule has 0 atom stereocenters. The Morgan fingerprint density at radius 3 is 2.52 bits per heavy atom. The molecule has 4 heteroatoms. The van der Waals surface area contributed by atoms with Gasteiger partial charge in [-0.2, -0.15) is 0 Å². The molecule has 1 saturated carbocycles. The lowest BCUT2D eigenvalue weighted by molar-refractivity contribution is 0.116. The Bertz CT molecular complexity index is 430. The maximum Gasteiger partial charge on any atom is 0.127 e. The summed E-state index contributed by atoms with van der Waals surface area (Å²) in [7, 11) is 3.35. The molecule has 0 radical (unpaired) electrons. The summed E-state index contributed by atoms with van der Waals surface area (Å²) in [6.07, 6.45) is 6.41. The first-order valence-electron chi connectivity index (χ1n) is 7.84. The molecular weight excluding hydrogens is 266 g/mol. The molecule has 0 saturated heterocycles. The molecule has 1 N–H and O–H groups in total. The second-order valence-electron chi connectivity index (χ2n) is 5.66. The number of aliphatic hydroxyl groups is 1. The number of benzene rings is 1. The highest BCUT2D eigenvalue weighted by Crippen LogP contribution is 2.29. The van der Waals surface area contributed by atoms with Gasteiger partial charge in [0.05, 0.1) is 20.8 Å². The van der Waals surface area contributed by atoms with Crippen LogP contribution in [0.25, 0.3) is 0 Å². The van der Waals surface area contributed by atoms with Gasteiger partial charge in [0.15, 0.2) is 0 Å². The predicted molar refractivity (Wildman–Crippen MR) is 83.9 cm³/mol. The standard InChI is InChI=1S/C17H27NO3/c1-20-16-9-8-14(17(12-16)21-2)13-18(10-11-19)15-6-4-3-5-7-15/h8-9,12,15,19H,3-7,10-11,13H2,1-2H3. The minimum atomic E-state index is 0.203. The Balaban J connectivity index is 2.11. The Labute approximate surface area is 127 Å². The van der Waals surface area contributed by atoms with E-state index in [0.29, 0.717) is 6.04 Å². The first-order valence-corrected chi connectivity index (χ1v) is 7.84. The van der Waals surface area contributed by atoms with Gasteiger partial charge in [-0.25, -0.2) is 0 Å². The van der Waals surface area contributed by atoms with E-state index in [0.717, 1.165) is 30.2 Å². The second-order valence-corrected chi connectivity index (χ2v) is 5.66. The van der Waals surface area contributed by atoms with Crippen molar-refractivity contribution in [1.82, 2.24) is 4.90 Å². The van der Waals surface area contributed by atoms with Gasteiger partial charge < -0.3 is 14.6 Å². The highest BCUT2D eigenvalue weighted by Gasteiger charge is 2.22. The summed E-state index contributed by atoms with van der Waals surface area (Å²) >= 11 is 0. The predicted octanol–water partition coefficient (Wildman–Crippen LogP) is 2.83. The number of hydrogen-bond acceptors (Lipinski definition) is 4. The molecule has 21 heavy (non-hydrogen) atoms. The van der Waals surface area contributed by atoms with Crippen molar-refractivity contribution in [1.29, 1.82) is 0 Å². The molecule has 118 valence electrons. The van der Waals surface area contributed by atoms with Crippen LogP contribution in [-0.2, 0) is 6.54 Å². The van der Waals surface area contributed by atoms with Crippen LogP contribution in [0.5, 0.6) is 11.5 Å². The van der Waals surface area contributed by atoms with Crippen LogP contribution >= 0.6 is 0 Å². The minimum absolute atomic E-state index is 0.203. The lowest BCUT2D eigenvalue weighted by Crippen LogP contribution is -2.38. The zero-order valence-corrected chi connectivity index (χ0v) is 13.2. The summed E-state index contributed by atoms with van der Waals surface area (Å²) in [5, 5.41) is 9.36. The van der Waals surface area contributed by atoms with Crippen molar-refractivity contribution in [3.05, 3.63) is 23.8 Å². The third kappa shape index (κ3) is 4.35. The Hall–Kier alpha value is -1.26. The number of nitrogens with zero attached hydrogens (tertiary/aromatic N) is 1. The summed E-state index contributed by atoms with van der Waals surface area (Å²) < 4.78 is 10.7. The molecule has 0 amide bonds. The molecule has 0 aliphatic heterocycles. The van der Waals surface area contributed by atoms with E-state index < -0.39 is 0 Å². The smallest absolute Gasteiger partial charge is 0.127 e. The largest absolute Gasteiger partial charge is 0.497 e. The van der Waals surface area contributed by atoms with Crippen LogP contribution in [0, 0.1) is 0 Å². The van der Waals surface area contributed by atoms with Crippen molar-refractivity contribution in [2.24, 2.45) is 0 Å². The number of aliphatic hydroxyl groups excluding tert-OH is 1. The average Bonchev–Trinajstić information content (AvgIpc) is 2.55. The fraction of sp³-hybridized carbons (Fsp3) is 0.647. The lowest BCUT2D eigenvalue weighted by Gasteiger charge is -2.34. The van der Waals surface area contributed by atoms with Crippen molar-refractivity contribution >= 4 is 0 Å². The summed E-state index contributed by atoms with van der Waals surface area (Å²) in [6.45, 7) is 1.74. The molecule has 4 nitrogen and oxygen atoms in total. The Kier molecular flexibility index (Phi) is 6.33. The fourth-order valence-electron chi connectivity index (χ4n) is 3.17. The molecular formula is C17H27NO3. The topological polar surface area (TPSA) is 41.9 Å². The van der Waals surface area contributed by atoms with Crippen molar-refractivity contribution in [3.8, 4) is 11.5 Å². The monoisotopic (exact) mass is 293 g/mol. The maximum atomic E-state index is 9.36. The second kappa shape index (κ2) is 8.25. The van der Waals surface area contributed by atoms with Crippen LogP contribution < -0.4 is 9.47 Å². The molecule has 1 fully saturated rings. The van der Waals surface area contributed by atoms with Gasteiger partial charge in [0.1, 0.15) is 11.5 Å². The number of rotatable bonds is 7. The van der Waals surface area contributed by atoms with Gasteiger partial charge in [-0.05, 0) is 18.9 Å². The van der Waals surface area contributed by atoms with Crippen molar-refractivity contribution in [2.75, 3.05) is 27.4 Å². The normalized spacial score (nSPS) is 16.2.